The number of aliphatic carboxylic acids is 1. The van der Waals surface area contributed by atoms with Crippen molar-refractivity contribution in [2.24, 2.45) is 0 Å². The van der Waals surface area contributed by atoms with Gasteiger partial charge in [0.2, 0.25) is 0 Å². The van der Waals surface area contributed by atoms with Crippen LogP contribution in [0, 0.1) is 0 Å². The van der Waals surface area contributed by atoms with Gasteiger partial charge in [0.25, 0.3) is 0 Å². The molecule has 0 bridgehead atoms. The van der Waals surface area contributed by atoms with Gasteiger partial charge in [-0.1, -0.05) is 44.2 Å². The number of carbonyl (C=O) groups is 1. The van der Waals surface area contributed by atoms with E-state index in [4.69, 9.17) is 9.84 Å². The Hall–Kier alpha value is -2.07. The smallest absolute Gasteiger partial charge is 0.341 e. The van der Waals surface area contributed by atoms with Crippen molar-refractivity contribution in [3.05, 3.63) is 42.0 Å². The first-order chi connectivity index (χ1) is 9.58. The lowest BCUT2D eigenvalue weighted by Gasteiger charge is -2.15. The predicted octanol–water partition coefficient (Wildman–Crippen LogP) is 2.80. The Kier molecular flexibility index (Phi) is 4.58. The maximum absolute atomic E-state index is 10.7. The maximum Gasteiger partial charge on any atom is 0.341 e. The largest absolute Gasteiger partial charge is 0.482 e. The average molecular weight is 273 g/mol. The summed E-state index contributed by atoms with van der Waals surface area (Å²) in [5.74, 6) is -0.347. The number of nitrogens with one attached hydrogen (secondary N) is 1. The number of rotatable bonds is 6. The summed E-state index contributed by atoms with van der Waals surface area (Å²) in [5.41, 5.74) is 0.998. The molecule has 4 nitrogen and oxygen atoms in total. The third kappa shape index (κ3) is 3.48. The Bertz CT molecular complexity index is 608. The van der Waals surface area contributed by atoms with Gasteiger partial charge in [-0.2, -0.15) is 0 Å². The molecule has 0 aliphatic heterocycles. The zero-order valence-corrected chi connectivity index (χ0v) is 11.7. The monoisotopic (exact) mass is 273 g/mol. The second-order valence-electron chi connectivity index (χ2n) is 4.98. The molecular weight excluding hydrogens is 254 g/mol. The lowest BCUT2D eigenvalue weighted by molar-refractivity contribution is -0.139. The van der Waals surface area contributed by atoms with E-state index in [0.717, 1.165) is 16.3 Å². The summed E-state index contributed by atoms with van der Waals surface area (Å²) in [4.78, 5) is 10.7. The van der Waals surface area contributed by atoms with Crippen LogP contribution in [0.2, 0.25) is 0 Å². The van der Waals surface area contributed by atoms with Crippen molar-refractivity contribution in [3.63, 3.8) is 0 Å². The molecule has 0 fully saturated rings. The molecule has 2 aromatic carbocycles. The zero-order chi connectivity index (χ0) is 14.5. The highest BCUT2D eigenvalue weighted by molar-refractivity contribution is 5.87. The molecular formula is C16H19NO3. The normalized spacial score (nSPS) is 10.9. The molecule has 0 radical (unpaired) electrons. The van der Waals surface area contributed by atoms with E-state index in [-0.39, 0.29) is 6.61 Å². The van der Waals surface area contributed by atoms with Gasteiger partial charge in [-0.05, 0) is 16.8 Å². The molecule has 0 aliphatic carbocycles. The van der Waals surface area contributed by atoms with Crippen molar-refractivity contribution in [1.29, 1.82) is 0 Å². The molecule has 0 unspecified atom stereocenters. The number of carboxylic acid groups (broad SMARTS) is 1. The van der Waals surface area contributed by atoms with E-state index in [9.17, 15) is 4.79 Å². The van der Waals surface area contributed by atoms with Crippen molar-refractivity contribution in [2.45, 2.75) is 26.4 Å². The topological polar surface area (TPSA) is 58.6 Å². The third-order valence-electron chi connectivity index (χ3n) is 3.04. The van der Waals surface area contributed by atoms with Crippen LogP contribution in [0.1, 0.15) is 19.4 Å². The van der Waals surface area contributed by atoms with Crippen molar-refractivity contribution in [2.75, 3.05) is 6.61 Å². The molecule has 0 amide bonds. The van der Waals surface area contributed by atoms with Crippen LogP contribution in [0.3, 0.4) is 0 Å². The Morgan fingerprint density at radius 1 is 1.25 bits per heavy atom. The fourth-order valence-electron chi connectivity index (χ4n) is 2.08. The van der Waals surface area contributed by atoms with Crippen LogP contribution in [0.4, 0.5) is 0 Å². The molecule has 0 heterocycles. The predicted molar refractivity (Wildman–Crippen MR) is 79.1 cm³/mol. The van der Waals surface area contributed by atoms with E-state index < -0.39 is 5.97 Å². The fourth-order valence-corrected chi connectivity index (χ4v) is 2.08. The molecule has 0 aromatic heterocycles. The van der Waals surface area contributed by atoms with Gasteiger partial charge in [0.1, 0.15) is 5.75 Å². The standard InChI is InChI=1S/C16H19NO3/c1-11(2)17-9-14-13-6-4-3-5-12(13)7-8-15(14)20-10-16(18)19/h3-8,11,17H,9-10H2,1-2H3,(H,18,19). The minimum absolute atomic E-state index is 0.326. The number of benzene rings is 2. The van der Waals surface area contributed by atoms with Gasteiger partial charge in [-0.3, -0.25) is 0 Å². The zero-order valence-electron chi connectivity index (χ0n) is 11.7. The molecule has 0 saturated carbocycles. The first-order valence-electron chi connectivity index (χ1n) is 6.66. The van der Waals surface area contributed by atoms with E-state index >= 15 is 0 Å². The molecule has 4 heteroatoms. The number of hydrogen-bond donors (Lipinski definition) is 2. The SMILES string of the molecule is CC(C)NCc1c(OCC(=O)O)ccc2ccccc12. The van der Waals surface area contributed by atoms with Crippen LogP contribution >= 0.6 is 0 Å². The molecule has 0 spiro atoms. The first kappa shape index (κ1) is 14.3. The van der Waals surface area contributed by atoms with E-state index in [2.05, 4.69) is 19.2 Å². The van der Waals surface area contributed by atoms with E-state index in [1.807, 2.05) is 36.4 Å². The van der Waals surface area contributed by atoms with Gasteiger partial charge in [-0.25, -0.2) is 4.79 Å². The summed E-state index contributed by atoms with van der Waals surface area (Å²) >= 11 is 0. The van der Waals surface area contributed by atoms with E-state index in [0.29, 0.717) is 18.3 Å². The summed E-state index contributed by atoms with van der Waals surface area (Å²) in [6.07, 6.45) is 0. The van der Waals surface area contributed by atoms with Crippen LogP contribution in [-0.2, 0) is 11.3 Å². The van der Waals surface area contributed by atoms with E-state index in [1.54, 1.807) is 0 Å². The van der Waals surface area contributed by atoms with Crippen molar-refractivity contribution in [1.82, 2.24) is 5.32 Å². The van der Waals surface area contributed by atoms with Crippen LogP contribution < -0.4 is 10.1 Å². The molecule has 20 heavy (non-hydrogen) atoms. The van der Waals surface area contributed by atoms with Crippen LogP contribution in [-0.4, -0.2) is 23.7 Å². The minimum atomic E-state index is -0.971. The molecule has 2 rings (SSSR count). The Labute approximate surface area is 118 Å². The molecule has 0 atom stereocenters. The fraction of sp³-hybridized carbons (Fsp3) is 0.312. The van der Waals surface area contributed by atoms with Crippen molar-refractivity contribution >= 4 is 16.7 Å². The number of carboxylic acids is 1. The highest BCUT2D eigenvalue weighted by Gasteiger charge is 2.10. The Balaban J connectivity index is 2.38. The van der Waals surface area contributed by atoms with Crippen LogP contribution in [0.15, 0.2) is 36.4 Å². The average Bonchev–Trinajstić information content (AvgIpc) is 2.42. The summed E-state index contributed by atoms with van der Waals surface area (Å²) in [7, 11) is 0. The van der Waals surface area contributed by atoms with Gasteiger partial charge in [-0.15, -0.1) is 0 Å². The summed E-state index contributed by atoms with van der Waals surface area (Å²) < 4.78 is 5.40. The first-order valence-corrected chi connectivity index (χ1v) is 6.66. The Morgan fingerprint density at radius 2 is 2.00 bits per heavy atom. The lowest BCUT2D eigenvalue weighted by atomic mass is 10.0. The maximum atomic E-state index is 10.7. The molecule has 0 saturated heterocycles. The number of ether oxygens (including phenoxy) is 1. The second-order valence-corrected chi connectivity index (χ2v) is 4.98. The van der Waals surface area contributed by atoms with Crippen molar-refractivity contribution < 1.29 is 14.6 Å². The lowest BCUT2D eigenvalue weighted by Crippen LogP contribution is -2.22. The quantitative estimate of drug-likeness (QED) is 0.849. The molecule has 2 aromatic rings. The van der Waals surface area contributed by atoms with Crippen LogP contribution in [0.25, 0.3) is 10.8 Å². The third-order valence-corrected chi connectivity index (χ3v) is 3.04. The Morgan fingerprint density at radius 3 is 2.70 bits per heavy atom. The molecule has 106 valence electrons. The van der Waals surface area contributed by atoms with E-state index in [1.165, 1.54) is 0 Å². The van der Waals surface area contributed by atoms with Crippen molar-refractivity contribution in [3.8, 4) is 5.75 Å². The highest BCUT2D eigenvalue weighted by atomic mass is 16.5. The number of hydrogen-bond acceptors (Lipinski definition) is 3. The summed E-state index contributed by atoms with van der Waals surface area (Å²) in [6, 6.07) is 12.2. The van der Waals surface area contributed by atoms with Gasteiger partial charge in [0, 0.05) is 18.2 Å². The second kappa shape index (κ2) is 6.39. The van der Waals surface area contributed by atoms with Gasteiger partial charge in [0.15, 0.2) is 6.61 Å². The summed E-state index contributed by atoms with van der Waals surface area (Å²) in [6.45, 7) is 4.47. The van der Waals surface area contributed by atoms with Gasteiger partial charge in [0.05, 0.1) is 0 Å². The van der Waals surface area contributed by atoms with Crippen LogP contribution in [0.5, 0.6) is 5.75 Å². The summed E-state index contributed by atoms with van der Waals surface area (Å²) in [5, 5.41) is 14.3. The molecule has 0 aliphatic rings. The number of fused-ring (bicyclic) bond motifs is 1. The van der Waals surface area contributed by atoms with Gasteiger partial charge >= 0.3 is 5.97 Å². The molecule has 2 N–H and O–H groups in total. The minimum Gasteiger partial charge on any atom is -0.482 e. The van der Waals surface area contributed by atoms with Gasteiger partial charge < -0.3 is 15.2 Å². The highest BCUT2D eigenvalue weighted by Crippen LogP contribution is 2.28.